The topological polar surface area (TPSA) is 225 Å². The van der Waals surface area contributed by atoms with Crippen LogP contribution in [0.4, 0.5) is 0 Å². The second-order valence-corrected chi connectivity index (χ2v) is 10.1. The molecule has 2 unspecified atom stereocenters. The highest BCUT2D eigenvalue weighted by atomic mass is 32.2. The lowest BCUT2D eigenvalue weighted by Crippen LogP contribution is -2.71. The number of carboxylic acid groups (broad SMARTS) is 2. The number of rotatable bonds is 13. The average Bonchev–Trinajstić information content (AvgIpc) is 3.61. The first-order valence-corrected chi connectivity index (χ1v) is 12.9. The number of aromatic amines is 1. The fourth-order valence-electron chi connectivity index (χ4n) is 3.86. The lowest BCUT2D eigenvalue weighted by Gasteiger charge is -2.50. The van der Waals surface area contributed by atoms with Crippen LogP contribution in [-0.2, 0) is 24.0 Å². The average molecular weight is 567 g/mol. The van der Waals surface area contributed by atoms with Gasteiger partial charge >= 0.3 is 11.9 Å². The van der Waals surface area contributed by atoms with Crippen LogP contribution in [0.2, 0.25) is 0 Å². The molecule has 0 aliphatic carbocycles. The van der Waals surface area contributed by atoms with Crippen molar-refractivity contribution in [2.75, 3.05) is 26.0 Å². The molecular weight excluding hydrogens is 544 g/mol. The molecule has 5 N–H and O–H groups in total. The van der Waals surface area contributed by atoms with Crippen molar-refractivity contribution in [2.45, 2.75) is 28.2 Å². The maximum atomic E-state index is 13.1. The molecule has 2 aromatic rings. The second kappa shape index (κ2) is 12.1. The molecule has 2 aromatic heterocycles. The molecule has 4 rings (SSSR count). The quantitative estimate of drug-likeness (QED) is 0.0652. The predicted octanol–water partition coefficient (Wildman–Crippen LogP) is -0.893. The van der Waals surface area contributed by atoms with Gasteiger partial charge in [-0.2, -0.15) is 5.21 Å². The van der Waals surface area contributed by atoms with Crippen LogP contribution >= 0.6 is 23.5 Å². The molecule has 38 heavy (non-hydrogen) atoms. The Bertz CT molecular complexity index is 1250. The third-order valence-electron chi connectivity index (χ3n) is 5.46. The van der Waals surface area contributed by atoms with E-state index in [0.717, 1.165) is 16.7 Å². The summed E-state index contributed by atoms with van der Waals surface area (Å²) in [4.78, 5) is 55.0. The summed E-state index contributed by atoms with van der Waals surface area (Å²) in [6.45, 7) is -0.00700. The molecule has 0 bridgehead atoms. The van der Waals surface area contributed by atoms with Crippen molar-refractivity contribution in [3.8, 4) is 0 Å². The molecule has 18 heteroatoms. The van der Waals surface area contributed by atoms with Gasteiger partial charge in [0, 0.05) is 11.0 Å². The van der Waals surface area contributed by atoms with E-state index in [-0.39, 0.29) is 41.2 Å². The van der Waals surface area contributed by atoms with Crippen LogP contribution in [-0.4, -0.2) is 108 Å². The highest BCUT2D eigenvalue weighted by Gasteiger charge is 2.55. The molecule has 0 spiro atoms. The van der Waals surface area contributed by atoms with Gasteiger partial charge in [0.1, 0.15) is 24.2 Å². The summed E-state index contributed by atoms with van der Waals surface area (Å²) in [5.41, 5.74) is 0.0750. The Kier molecular flexibility index (Phi) is 8.64. The van der Waals surface area contributed by atoms with Gasteiger partial charge in [-0.15, -0.1) is 22.0 Å². The normalized spacial score (nSPS) is 20.0. The summed E-state index contributed by atoms with van der Waals surface area (Å²) in [7, 11) is 1.26. The van der Waals surface area contributed by atoms with Crippen molar-refractivity contribution in [1.82, 2.24) is 36.2 Å². The minimum Gasteiger partial charge on any atom is -0.480 e. The van der Waals surface area contributed by atoms with Crippen LogP contribution in [0.5, 0.6) is 0 Å². The molecule has 1 saturated heterocycles. The first-order valence-electron chi connectivity index (χ1n) is 11.0. The molecule has 0 saturated carbocycles. The van der Waals surface area contributed by atoms with E-state index in [1.165, 1.54) is 31.2 Å². The molecule has 3 atom stereocenters. The van der Waals surface area contributed by atoms with Crippen molar-refractivity contribution in [3.05, 3.63) is 35.4 Å². The van der Waals surface area contributed by atoms with Gasteiger partial charge in [0.2, 0.25) is 10.9 Å². The van der Waals surface area contributed by atoms with Gasteiger partial charge in [0.25, 0.3) is 11.8 Å². The molecule has 2 amide bonds. The zero-order valence-electron chi connectivity index (χ0n) is 19.7. The van der Waals surface area contributed by atoms with E-state index in [4.69, 9.17) is 14.4 Å². The first kappa shape index (κ1) is 27.1. The molecule has 4 heterocycles. The maximum Gasteiger partial charge on any atom is 0.352 e. The number of carbonyl (C=O) groups is 4. The van der Waals surface area contributed by atoms with Gasteiger partial charge in [-0.05, 0) is 35.9 Å². The summed E-state index contributed by atoms with van der Waals surface area (Å²) >= 11 is 2.43. The van der Waals surface area contributed by atoms with E-state index in [0.29, 0.717) is 12.0 Å². The smallest absolute Gasteiger partial charge is 0.352 e. The Hall–Kier alpha value is -3.90. The standard InChI is InChI=1S/C20H22N8O8S2/c1-35-25-13(10-3-2-6-36-10)16(31)22-14-17(32)28-15(19(33)34)9(8-37-18(14)28)11(4-5-21-7-12(29)30)38-20-23-26-27-24-20/h2-3,6,11,14,18,21H,4-5,7-8H2,1H3,(H,22,31)(H,29,30)(H,33,34)(H,23,24,26,27)/t11?,14?,18-/m0/s1. The molecule has 0 aromatic carbocycles. The predicted molar refractivity (Wildman–Crippen MR) is 131 cm³/mol. The minimum absolute atomic E-state index is 0.135. The molecule has 202 valence electrons. The van der Waals surface area contributed by atoms with Crippen LogP contribution in [0.25, 0.3) is 0 Å². The number of aromatic nitrogens is 4. The number of thioether (sulfide) groups is 2. The SMILES string of the molecule is CON=C(C(=O)NC1C(=O)N2C(C(=O)O)=C(C(CCNCC(=O)O)Sc3nn[nH]n3)CS[C@@H]12)c1ccco1. The van der Waals surface area contributed by atoms with Crippen LogP contribution in [0.15, 0.2) is 44.4 Å². The highest BCUT2D eigenvalue weighted by molar-refractivity contribution is 8.01. The minimum atomic E-state index is -1.31. The van der Waals surface area contributed by atoms with Gasteiger partial charge in [0.15, 0.2) is 5.76 Å². The van der Waals surface area contributed by atoms with Crippen molar-refractivity contribution in [3.63, 3.8) is 0 Å². The number of tetrazole rings is 1. The van der Waals surface area contributed by atoms with E-state index in [9.17, 15) is 24.3 Å². The Balaban J connectivity index is 1.54. The number of aliphatic carboxylic acids is 2. The number of nitrogens with one attached hydrogen (secondary N) is 3. The van der Waals surface area contributed by atoms with Gasteiger partial charge < -0.3 is 30.1 Å². The zero-order valence-corrected chi connectivity index (χ0v) is 21.3. The Morgan fingerprint density at radius 3 is 2.87 bits per heavy atom. The summed E-state index contributed by atoms with van der Waals surface area (Å²) in [5, 5.41) is 40.7. The lowest BCUT2D eigenvalue weighted by atomic mass is 10.00. The van der Waals surface area contributed by atoms with Crippen LogP contribution in [0.3, 0.4) is 0 Å². The van der Waals surface area contributed by atoms with Crippen LogP contribution < -0.4 is 10.6 Å². The van der Waals surface area contributed by atoms with E-state index < -0.39 is 40.4 Å². The zero-order chi connectivity index (χ0) is 27.2. The number of H-pyrrole nitrogens is 1. The number of carboxylic acids is 2. The molecule has 2 aliphatic rings. The monoisotopic (exact) mass is 566 g/mol. The van der Waals surface area contributed by atoms with Crippen molar-refractivity contribution in [2.24, 2.45) is 5.16 Å². The maximum absolute atomic E-state index is 13.1. The largest absolute Gasteiger partial charge is 0.480 e. The number of oxime groups is 1. The summed E-state index contributed by atoms with van der Waals surface area (Å²) in [6.07, 6.45) is 1.68. The molecular formula is C20H22N8O8S2. The molecule has 2 aliphatic heterocycles. The number of hydrogen-bond donors (Lipinski definition) is 5. The van der Waals surface area contributed by atoms with E-state index in [2.05, 4.69) is 36.4 Å². The highest BCUT2D eigenvalue weighted by Crippen LogP contribution is 2.44. The number of hydrogen-bond acceptors (Lipinski definition) is 13. The Morgan fingerprint density at radius 1 is 1.42 bits per heavy atom. The van der Waals surface area contributed by atoms with Crippen molar-refractivity contribution in [1.29, 1.82) is 0 Å². The summed E-state index contributed by atoms with van der Waals surface area (Å²) in [6, 6.07) is 2.07. The fourth-order valence-corrected chi connectivity index (χ4v) is 6.40. The first-order chi connectivity index (χ1) is 18.3. The van der Waals surface area contributed by atoms with E-state index >= 15 is 0 Å². The van der Waals surface area contributed by atoms with Gasteiger partial charge in [-0.1, -0.05) is 16.9 Å². The number of amides is 2. The van der Waals surface area contributed by atoms with Crippen molar-refractivity contribution >= 4 is 53.0 Å². The number of β-lactam (4-membered cyclic amide) rings is 1. The third-order valence-corrected chi connectivity index (χ3v) is 7.95. The number of nitrogens with zero attached hydrogens (tertiary/aromatic N) is 5. The Labute approximate surface area is 222 Å². The second-order valence-electron chi connectivity index (χ2n) is 7.80. The lowest BCUT2D eigenvalue weighted by molar-refractivity contribution is -0.150. The third kappa shape index (κ3) is 5.81. The number of carbonyl (C=O) groups excluding carboxylic acids is 2. The van der Waals surface area contributed by atoms with Gasteiger partial charge in [-0.25, -0.2) is 4.79 Å². The van der Waals surface area contributed by atoms with E-state index in [1.54, 1.807) is 6.07 Å². The number of furan rings is 1. The van der Waals surface area contributed by atoms with Crippen LogP contribution in [0, 0.1) is 0 Å². The van der Waals surface area contributed by atoms with Gasteiger partial charge in [0.05, 0.1) is 12.8 Å². The molecule has 1 fully saturated rings. The molecule has 16 nitrogen and oxygen atoms in total. The fraction of sp³-hybridized carbons (Fsp3) is 0.400. The van der Waals surface area contributed by atoms with Crippen LogP contribution in [0.1, 0.15) is 12.2 Å². The summed E-state index contributed by atoms with van der Waals surface area (Å²) < 4.78 is 5.21. The van der Waals surface area contributed by atoms with Gasteiger partial charge in [-0.3, -0.25) is 19.3 Å². The summed E-state index contributed by atoms with van der Waals surface area (Å²) in [5.74, 6) is -3.29. The Morgan fingerprint density at radius 2 is 2.24 bits per heavy atom. The molecule has 0 radical (unpaired) electrons. The van der Waals surface area contributed by atoms with E-state index in [1.807, 2.05) is 0 Å². The van der Waals surface area contributed by atoms with Crippen molar-refractivity contribution < 1.29 is 38.6 Å². The number of fused-ring (bicyclic) bond motifs is 1.